The van der Waals surface area contributed by atoms with Gasteiger partial charge in [0.1, 0.15) is 18.3 Å². The van der Waals surface area contributed by atoms with E-state index in [4.69, 9.17) is 9.47 Å². The highest BCUT2D eigenvalue weighted by molar-refractivity contribution is 5.84. The minimum Gasteiger partial charge on any atom is -0.497 e. The normalized spacial score (nSPS) is 21.1. The average molecular weight is 551 g/mol. The number of esters is 1. The monoisotopic (exact) mass is 550 g/mol. The molecule has 0 saturated carbocycles. The van der Waals surface area contributed by atoms with Gasteiger partial charge in [0.2, 0.25) is 5.91 Å². The van der Waals surface area contributed by atoms with E-state index in [-0.39, 0.29) is 18.4 Å². The molecule has 1 amide bonds. The maximum Gasteiger partial charge on any atom is 0.397 e. The molecule has 1 saturated heterocycles. The Morgan fingerprint density at radius 2 is 1.77 bits per heavy atom. The van der Waals surface area contributed by atoms with Gasteiger partial charge in [-0.2, -0.15) is 13.2 Å². The number of likely N-dealkylation sites (tertiary alicyclic amines) is 1. The lowest BCUT2D eigenvalue weighted by molar-refractivity contribution is -0.176. The van der Waals surface area contributed by atoms with Gasteiger partial charge in [0.15, 0.2) is 0 Å². The summed E-state index contributed by atoms with van der Waals surface area (Å²) >= 11 is 0. The number of hydrogen-bond acceptors (Lipinski definition) is 5. The van der Waals surface area contributed by atoms with Crippen molar-refractivity contribution in [3.63, 3.8) is 0 Å². The Bertz CT molecular complexity index is 1150. The zero-order chi connectivity index (χ0) is 29.0. The van der Waals surface area contributed by atoms with E-state index in [1.165, 1.54) is 4.90 Å². The Balaban J connectivity index is 1.62. The number of amides is 1. The number of nitrogens with one attached hydrogen (secondary N) is 1. The first-order valence-electron chi connectivity index (χ1n) is 13.5. The van der Waals surface area contributed by atoms with E-state index in [0.29, 0.717) is 19.5 Å². The second-order valence-electron chi connectivity index (χ2n) is 11.8. The van der Waals surface area contributed by atoms with Crippen molar-refractivity contribution in [2.45, 2.75) is 78.7 Å². The van der Waals surface area contributed by atoms with Crippen molar-refractivity contribution in [2.75, 3.05) is 20.2 Å². The predicted molar refractivity (Wildman–Crippen MR) is 145 cm³/mol. The molecule has 216 valence electrons. The summed E-state index contributed by atoms with van der Waals surface area (Å²) in [7, 11) is 1.64. The SMILES string of the molecule is COc1ccc2cc(CNCCC3C[C@@H](C)C([C@H](C)OC(=O)C(C)(C)C)N(C(=O)CC(F)(F)F)C3)ccc2c1. The second-order valence-corrected chi connectivity index (χ2v) is 11.8. The summed E-state index contributed by atoms with van der Waals surface area (Å²) in [5.74, 6) is -0.688. The number of piperidine rings is 1. The maximum absolute atomic E-state index is 13.1. The van der Waals surface area contributed by atoms with Crippen molar-refractivity contribution in [3.05, 3.63) is 42.0 Å². The van der Waals surface area contributed by atoms with E-state index in [1.807, 2.05) is 25.1 Å². The van der Waals surface area contributed by atoms with Crippen LogP contribution in [0.4, 0.5) is 13.2 Å². The van der Waals surface area contributed by atoms with E-state index in [2.05, 4.69) is 23.5 Å². The van der Waals surface area contributed by atoms with E-state index >= 15 is 0 Å². The molecule has 9 heteroatoms. The molecular formula is C30H41F3N2O4. The van der Waals surface area contributed by atoms with Crippen LogP contribution in [0, 0.1) is 17.3 Å². The fourth-order valence-corrected chi connectivity index (χ4v) is 5.38. The van der Waals surface area contributed by atoms with Crippen LogP contribution in [-0.2, 0) is 20.9 Å². The summed E-state index contributed by atoms with van der Waals surface area (Å²) in [6.45, 7) is 10.3. The van der Waals surface area contributed by atoms with Crippen molar-refractivity contribution in [1.82, 2.24) is 10.2 Å². The number of carbonyl (C=O) groups is 2. The van der Waals surface area contributed by atoms with Crippen molar-refractivity contribution >= 4 is 22.6 Å². The third kappa shape index (κ3) is 8.59. The van der Waals surface area contributed by atoms with Gasteiger partial charge in [-0.1, -0.05) is 25.1 Å². The molecule has 0 radical (unpaired) electrons. The van der Waals surface area contributed by atoms with Gasteiger partial charge in [0.25, 0.3) is 0 Å². The number of halogens is 3. The highest BCUT2D eigenvalue weighted by Crippen LogP contribution is 2.34. The topological polar surface area (TPSA) is 67.9 Å². The third-order valence-electron chi connectivity index (χ3n) is 7.33. The van der Waals surface area contributed by atoms with Crippen LogP contribution in [0.2, 0.25) is 0 Å². The molecule has 1 aliphatic rings. The molecule has 39 heavy (non-hydrogen) atoms. The average Bonchev–Trinajstić information content (AvgIpc) is 2.84. The Morgan fingerprint density at radius 3 is 2.41 bits per heavy atom. The van der Waals surface area contributed by atoms with E-state index in [0.717, 1.165) is 28.5 Å². The van der Waals surface area contributed by atoms with Crippen molar-refractivity contribution in [3.8, 4) is 5.75 Å². The summed E-state index contributed by atoms with van der Waals surface area (Å²) < 4.78 is 50.3. The molecule has 6 nitrogen and oxygen atoms in total. The molecule has 2 aromatic carbocycles. The van der Waals surface area contributed by atoms with Gasteiger partial charge in [0.05, 0.1) is 18.6 Å². The third-order valence-corrected chi connectivity index (χ3v) is 7.33. The number of alkyl halides is 3. The number of nitrogens with zero attached hydrogens (tertiary/aromatic N) is 1. The molecule has 0 aliphatic carbocycles. The fraction of sp³-hybridized carbons (Fsp3) is 0.600. The van der Waals surface area contributed by atoms with Gasteiger partial charge >= 0.3 is 12.1 Å². The van der Waals surface area contributed by atoms with Crippen molar-refractivity contribution in [2.24, 2.45) is 17.3 Å². The molecule has 2 aromatic rings. The predicted octanol–water partition coefficient (Wildman–Crippen LogP) is 6.11. The van der Waals surface area contributed by atoms with Crippen LogP contribution in [0.3, 0.4) is 0 Å². The molecule has 1 aliphatic heterocycles. The molecule has 3 rings (SSSR count). The lowest BCUT2D eigenvalue weighted by Crippen LogP contribution is -2.57. The van der Waals surface area contributed by atoms with Crippen molar-refractivity contribution < 1.29 is 32.2 Å². The molecule has 0 spiro atoms. The minimum absolute atomic E-state index is 0.0375. The van der Waals surface area contributed by atoms with Gasteiger partial charge in [-0.15, -0.1) is 0 Å². The number of benzene rings is 2. The largest absolute Gasteiger partial charge is 0.497 e. The highest BCUT2D eigenvalue weighted by Gasteiger charge is 2.44. The van der Waals surface area contributed by atoms with Crippen LogP contribution in [0.25, 0.3) is 10.8 Å². The lowest BCUT2D eigenvalue weighted by Gasteiger charge is -2.46. The zero-order valence-electron chi connectivity index (χ0n) is 23.7. The Kier molecular flexibility index (Phi) is 9.91. The molecule has 2 unspecified atom stereocenters. The first-order valence-corrected chi connectivity index (χ1v) is 13.5. The standard InChI is InChI=1S/C30H41F3N2O4/c1-19-13-22(11-12-34-17-21-7-8-24-15-25(38-6)10-9-23(24)14-21)18-35(26(36)16-30(31,32)33)27(19)20(2)39-28(37)29(3,4)5/h7-10,14-15,19-20,22,27,34H,11-13,16-18H2,1-6H3/t19-,20+,22?,27?/m1/s1. The van der Waals surface area contributed by atoms with E-state index < -0.39 is 42.0 Å². The first kappa shape index (κ1) is 30.7. The summed E-state index contributed by atoms with van der Waals surface area (Å²) in [4.78, 5) is 26.6. The van der Waals surface area contributed by atoms with Gasteiger partial charge in [-0.25, -0.2) is 0 Å². The van der Waals surface area contributed by atoms with Gasteiger partial charge in [-0.3, -0.25) is 9.59 Å². The molecule has 0 aromatic heterocycles. The van der Waals surface area contributed by atoms with Crippen LogP contribution in [-0.4, -0.2) is 55.3 Å². The second kappa shape index (κ2) is 12.6. The fourth-order valence-electron chi connectivity index (χ4n) is 5.38. The molecule has 4 atom stereocenters. The number of carbonyl (C=O) groups excluding carboxylic acids is 2. The molecule has 1 N–H and O–H groups in total. The quantitative estimate of drug-likeness (QED) is 0.301. The van der Waals surface area contributed by atoms with Gasteiger partial charge in [0, 0.05) is 13.1 Å². The first-order chi connectivity index (χ1) is 18.2. The smallest absolute Gasteiger partial charge is 0.397 e. The summed E-state index contributed by atoms with van der Waals surface area (Å²) in [5.41, 5.74) is 0.375. The zero-order valence-corrected chi connectivity index (χ0v) is 23.7. The van der Waals surface area contributed by atoms with Crippen LogP contribution in [0.1, 0.15) is 59.4 Å². The minimum atomic E-state index is -4.60. The Labute approximate surface area is 229 Å². The maximum atomic E-state index is 13.1. The molecule has 1 heterocycles. The Morgan fingerprint density at radius 1 is 1.10 bits per heavy atom. The number of fused-ring (bicyclic) bond motifs is 1. The van der Waals surface area contributed by atoms with Crippen LogP contribution >= 0.6 is 0 Å². The number of rotatable bonds is 9. The van der Waals surface area contributed by atoms with Gasteiger partial charge in [-0.05, 0) is 93.5 Å². The molecular weight excluding hydrogens is 509 g/mol. The van der Waals surface area contributed by atoms with E-state index in [9.17, 15) is 22.8 Å². The number of ether oxygens (including phenoxy) is 2. The lowest BCUT2D eigenvalue weighted by atomic mass is 9.80. The summed E-state index contributed by atoms with van der Waals surface area (Å²) in [6, 6.07) is 11.5. The van der Waals surface area contributed by atoms with Crippen LogP contribution < -0.4 is 10.1 Å². The highest BCUT2D eigenvalue weighted by atomic mass is 19.4. The number of hydrogen-bond donors (Lipinski definition) is 1. The van der Waals surface area contributed by atoms with Crippen LogP contribution in [0.5, 0.6) is 5.75 Å². The number of methoxy groups -OCH3 is 1. The Hall–Kier alpha value is -2.81. The van der Waals surface area contributed by atoms with Gasteiger partial charge < -0.3 is 19.7 Å². The van der Waals surface area contributed by atoms with Crippen LogP contribution in [0.15, 0.2) is 36.4 Å². The molecule has 0 bridgehead atoms. The van der Waals surface area contributed by atoms with Crippen molar-refractivity contribution in [1.29, 1.82) is 0 Å². The summed E-state index contributed by atoms with van der Waals surface area (Å²) in [6.07, 6.45) is -5.38. The van der Waals surface area contributed by atoms with E-state index in [1.54, 1.807) is 34.8 Å². The molecule has 1 fully saturated rings. The summed E-state index contributed by atoms with van der Waals surface area (Å²) in [5, 5.41) is 5.64.